The smallest absolute Gasteiger partial charge is 0.248 e. The molecule has 0 aliphatic heterocycles. The first-order valence-corrected chi connectivity index (χ1v) is 9.32. The molecule has 0 fully saturated rings. The number of nitrogens with two attached hydrogens (primary N) is 1. The lowest BCUT2D eigenvalue weighted by Crippen LogP contribution is -2.12. The van der Waals surface area contributed by atoms with Gasteiger partial charge in [-0.15, -0.1) is 0 Å². The molecule has 1 heterocycles. The molecule has 1 amide bonds. The lowest BCUT2D eigenvalue weighted by molar-refractivity contribution is 0.100. The fourth-order valence-corrected chi connectivity index (χ4v) is 2.79. The third kappa shape index (κ3) is 6.08. The Morgan fingerprint density at radius 2 is 2.21 bits per heavy atom. The van der Waals surface area contributed by atoms with Gasteiger partial charge in [-0.25, -0.2) is 4.98 Å². The summed E-state index contributed by atoms with van der Waals surface area (Å²) in [4.78, 5) is 18.9. The Kier molecular flexibility index (Phi) is 7.79. The van der Waals surface area contributed by atoms with Crippen LogP contribution in [0.2, 0.25) is 0 Å². The van der Waals surface area contributed by atoms with Gasteiger partial charge in [0.05, 0.1) is 11.0 Å². The molecular formula is C21H24ClN5O2. The molecule has 0 saturated heterocycles. The van der Waals surface area contributed by atoms with Crippen LogP contribution in [0.4, 0.5) is 0 Å². The number of carbonyl (C=O) groups excluding carboxylic acids is 1. The molecular weight excluding hydrogens is 390 g/mol. The Bertz CT molecular complexity index is 1030. The number of aromatic nitrogens is 2. The van der Waals surface area contributed by atoms with Gasteiger partial charge in [-0.3, -0.25) is 9.80 Å². The van der Waals surface area contributed by atoms with E-state index in [1.165, 1.54) is 5.01 Å². The number of amides is 1. The van der Waals surface area contributed by atoms with Gasteiger partial charge in [0.1, 0.15) is 11.5 Å². The molecule has 2 rings (SSSR count). The summed E-state index contributed by atoms with van der Waals surface area (Å²) in [7, 11) is 1.70. The molecule has 0 aliphatic rings. The predicted molar refractivity (Wildman–Crippen MR) is 119 cm³/mol. The second-order valence-electron chi connectivity index (χ2n) is 6.16. The maximum absolute atomic E-state index is 11.4. The first-order chi connectivity index (χ1) is 13.8. The van der Waals surface area contributed by atoms with E-state index in [-0.39, 0.29) is 5.76 Å². The van der Waals surface area contributed by atoms with E-state index in [4.69, 9.17) is 17.3 Å². The number of benzene rings is 1. The minimum Gasteiger partial charge on any atom is -0.510 e. The van der Waals surface area contributed by atoms with Crippen LogP contribution in [0.3, 0.4) is 0 Å². The number of aliphatic hydroxyl groups excluding tert-OH is 1. The molecule has 0 unspecified atom stereocenters. The topological polar surface area (TPSA) is 108 Å². The van der Waals surface area contributed by atoms with E-state index in [0.717, 1.165) is 0 Å². The standard InChI is InChI=1S/C21H24ClN5O2/c1-4-8-16(22)9-6-5-7-12-24-27(3)19(14(2)28)21-25-17-11-10-15(20(23)29)13-18(17)26-21/h4-5,7-13,28H,6H2,1-3H3,(H2,23,29)(H,25,26)/b7-5?,8-4-,16-9+,19-14+,24-12+. The molecule has 8 heteroatoms. The zero-order valence-electron chi connectivity index (χ0n) is 16.6. The normalized spacial score (nSPS) is 13.7. The van der Waals surface area contributed by atoms with Crippen molar-refractivity contribution in [2.75, 3.05) is 7.05 Å². The number of H-pyrrole nitrogens is 1. The fraction of sp³-hybridized carbons (Fsp3) is 0.190. The highest BCUT2D eigenvalue weighted by Crippen LogP contribution is 2.22. The van der Waals surface area contributed by atoms with Crippen LogP contribution in [0.15, 0.2) is 64.5 Å². The van der Waals surface area contributed by atoms with Gasteiger partial charge in [-0.05, 0) is 50.6 Å². The third-order valence-electron chi connectivity index (χ3n) is 3.89. The predicted octanol–water partition coefficient (Wildman–Crippen LogP) is 4.47. The van der Waals surface area contributed by atoms with Crippen molar-refractivity contribution in [3.8, 4) is 0 Å². The number of fused-ring (bicyclic) bond motifs is 1. The minimum absolute atomic E-state index is 0.0453. The van der Waals surface area contributed by atoms with Gasteiger partial charge >= 0.3 is 0 Å². The monoisotopic (exact) mass is 413 g/mol. The third-order valence-corrected chi connectivity index (χ3v) is 4.17. The largest absolute Gasteiger partial charge is 0.510 e. The van der Waals surface area contributed by atoms with Gasteiger partial charge in [0.25, 0.3) is 0 Å². The van der Waals surface area contributed by atoms with Crippen LogP contribution in [0.1, 0.15) is 36.5 Å². The molecule has 0 atom stereocenters. The van der Waals surface area contributed by atoms with E-state index in [0.29, 0.717) is 39.6 Å². The van der Waals surface area contributed by atoms with Gasteiger partial charge in [0.15, 0.2) is 5.82 Å². The highest BCUT2D eigenvalue weighted by atomic mass is 35.5. The number of hydrazone groups is 1. The Balaban J connectivity index is 2.17. The number of hydrogen-bond acceptors (Lipinski definition) is 5. The zero-order valence-corrected chi connectivity index (χ0v) is 17.3. The fourth-order valence-electron chi connectivity index (χ4n) is 2.58. The van der Waals surface area contributed by atoms with Crippen molar-refractivity contribution in [1.29, 1.82) is 0 Å². The van der Waals surface area contributed by atoms with E-state index in [2.05, 4.69) is 15.1 Å². The van der Waals surface area contributed by atoms with Crippen LogP contribution in [0.5, 0.6) is 0 Å². The summed E-state index contributed by atoms with van der Waals surface area (Å²) in [5.41, 5.74) is 7.38. The molecule has 0 bridgehead atoms. The van der Waals surface area contributed by atoms with Gasteiger partial charge in [0, 0.05) is 23.9 Å². The number of imidazole rings is 1. The van der Waals surface area contributed by atoms with Crippen molar-refractivity contribution < 1.29 is 9.90 Å². The SMILES string of the molecule is C/C=C\C(Cl)=C/CC=C/C=N/N(C)/C(=C(\C)O)c1nc2ccc(C(N)=O)cc2[nH]1. The summed E-state index contributed by atoms with van der Waals surface area (Å²) >= 11 is 5.98. The van der Waals surface area contributed by atoms with Crippen molar-refractivity contribution in [2.45, 2.75) is 20.3 Å². The Morgan fingerprint density at radius 3 is 2.86 bits per heavy atom. The van der Waals surface area contributed by atoms with Crippen molar-refractivity contribution in [2.24, 2.45) is 10.8 Å². The summed E-state index contributed by atoms with van der Waals surface area (Å²) < 4.78 is 0. The number of allylic oxidation sites excluding steroid dienone is 7. The molecule has 7 nitrogen and oxygen atoms in total. The average molecular weight is 414 g/mol. The molecule has 2 aromatic rings. The van der Waals surface area contributed by atoms with Crippen molar-refractivity contribution in [1.82, 2.24) is 15.0 Å². The second kappa shape index (κ2) is 10.3. The first-order valence-electron chi connectivity index (χ1n) is 8.94. The summed E-state index contributed by atoms with van der Waals surface area (Å²) in [5, 5.41) is 16.6. The molecule has 0 aliphatic carbocycles. The van der Waals surface area contributed by atoms with E-state index in [9.17, 15) is 9.90 Å². The molecule has 1 aromatic heterocycles. The number of aromatic amines is 1. The molecule has 29 heavy (non-hydrogen) atoms. The Morgan fingerprint density at radius 1 is 1.45 bits per heavy atom. The van der Waals surface area contributed by atoms with Gasteiger partial charge in [0.2, 0.25) is 5.91 Å². The molecule has 152 valence electrons. The van der Waals surface area contributed by atoms with Gasteiger partial charge in [-0.1, -0.05) is 29.8 Å². The summed E-state index contributed by atoms with van der Waals surface area (Å²) in [6.45, 7) is 3.45. The lowest BCUT2D eigenvalue weighted by atomic mass is 10.2. The highest BCUT2D eigenvalue weighted by Gasteiger charge is 2.16. The minimum atomic E-state index is -0.521. The molecule has 0 spiro atoms. The first kappa shape index (κ1) is 22.0. The van der Waals surface area contributed by atoms with Crippen molar-refractivity contribution in [3.05, 3.63) is 70.8 Å². The van der Waals surface area contributed by atoms with Crippen LogP contribution in [-0.4, -0.2) is 39.3 Å². The zero-order chi connectivity index (χ0) is 21.4. The molecule has 1 aromatic carbocycles. The van der Waals surface area contributed by atoms with Gasteiger partial charge < -0.3 is 15.8 Å². The summed E-state index contributed by atoms with van der Waals surface area (Å²) in [6, 6.07) is 4.92. The van der Waals surface area contributed by atoms with Crippen molar-refractivity contribution in [3.63, 3.8) is 0 Å². The molecule has 0 radical (unpaired) electrons. The number of nitrogens with zero attached hydrogens (tertiary/aromatic N) is 3. The van der Waals surface area contributed by atoms with Crippen LogP contribution < -0.4 is 5.73 Å². The quantitative estimate of drug-likeness (QED) is 0.257. The van der Waals surface area contributed by atoms with Crippen LogP contribution >= 0.6 is 11.6 Å². The number of rotatable bonds is 8. The number of carbonyl (C=O) groups is 1. The lowest BCUT2D eigenvalue weighted by Gasteiger charge is -2.15. The summed E-state index contributed by atoms with van der Waals surface area (Å²) in [6.07, 6.45) is 11.5. The van der Waals surface area contributed by atoms with E-state index in [1.807, 2.05) is 31.2 Å². The van der Waals surface area contributed by atoms with E-state index in [1.54, 1.807) is 44.5 Å². The highest BCUT2D eigenvalue weighted by molar-refractivity contribution is 6.31. The van der Waals surface area contributed by atoms with Crippen LogP contribution in [0, 0.1) is 0 Å². The number of hydrogen-bond donors (Lipinski definition) is 3. The average Bonchev–Trinajstić information content (AvgIpc) is 3.06. The number of nitrogens with one attached hydrogen (secondary N) is 1. The molecule has 4 N–H and O–H groups in total. The van der Waals surface area contributed by atoms with Crippen LogP contribution in [-0.2, 0) is 0 Å². The van der Waals surface area contributed by atoms with E-state index < -0.39 is 5.91 Å². The van der Waals surface area contributed by atoms with E-state index >= 15 is 0 Å². The molecule has 0 saturated carbocycles. The Hall–Kier alpha value is -3.32. The van der Waals surface area contributed by atoms with Crippen LogP contribution in [0.25, 0.3) is 16.7 Å². The number of halogens is 1. The number of primary amides is 1. The van der Waals surface area contributed by atoms with Crippen molar-refractivity contribution >= 4 is 40.5 Å². The summed E-state index contributed by atoms with van der Waals surface area (Å²) in [5.74, 6) is -0.0531. The second-order valence-corrected chi connectivity index (χ2v) is 6.59. The maximum atomic E-state index is 11.4. The maximum Gasteiger partial charge on any atom is 0.248 e. The Labute approximate surface area is 174 Å². The van der Waals surface area contributed by atoms with Gasteiger partial charge in [-0.2, -0.15) is 5.10 Å². The number of aliphatic hydroxyl groups is 1.